The van der Waals surface area contributed by atoms with Crippen LogP contribution in [0.3, 0.4) is 0 Å². The summed E-state index contributed by atoms with van der Waals surface area (Å²) in [7, 11) is 0. The summed E-state index contributed by atoms with van der Waals surface area (Å²) in [5.41, 5.74) is 0.896. The Hall–Kier alpha value is -2.32. The summed E-state index contributed by atoms with van der Waals surface area (Å²) in [6.45, 7) is 5.72. The average molecular weight is 446 g/mol. The molecule has 7 heteroatoms. The van der Waals surface area contributed by atoms with Crippen LogP contribution in [0.2, 0.25) is 0 Å². The van der Waals surface area contributed by atoms with Crippen LogP contribution in [0.25, 0.3) is 0 Å². The van der Waals surface area contributed by atoms with Crippen molar-refractivity contribution in [3.8, 4) is 0 Å². The summed E-state index contributed by atoms with van der Waals surface area (Å²) in [5, 5.41) is 24.0. The molecule has 3 rings (SSSR count). The van der Waals surface area contributed by atoms with E-state index in [1.165, 1.54) is 6.07 Å². The molecule has 0 heterocycles. The van der Waals surface area contributed by atoms with Crippen molar-refractivity contribution in [2.75, 3.05) is 0 Å². The Morgan fingerprint density at radius 2 is 1.91 bits per heavy atom. The highest BCUT2D eigenvalue weighted by atomic mass is 19.1. The molecule has 1 fully saturated rings. The van der Waals surface area contributed by atoms with Crippen molar-refractivity contribution in [3.63, 3.8) is 0 Å². The molecule has 2 aromatic rings. The monoisotopic (exact) mass is 445 g/mol. The number of amides is 1. The van der Waals surface area contributed by atoms with Gasteiger partial charge in [0.05, 0.1) is 25.4 Å². The van der Waals surface area contributed by atoms with Crippen LogP contribution < -0.4 is 5.32 Å². The molecule has 0 saturated heterocycles. The van der Waals surface area contributed by atoms with Crippen molar-refractivity contribution < 1.29 is 28.9 Å². The van der Waals surface area contributed by atoms with Crippen LogP contribution >= 0.6 is 0 Å². The summed E-state index contributed by atoms with van der Waals surface area (Å²) in [6, 6.07) is 13.8. The summed E-state index contributed by atoms with van der Waals surface area (Å²) in [5.74, 6) is -0.788. The summed E-state index contributed by atoms with van der Waals surface area (Å²) < 4.78 is 26.0. The highest BCUT2D eigenvalue weighted by molar-refractivity contribution is 5.85. The van der Waals surface area contributed by atoms with E-state index in [2.05, 4.69) is 5.32 Å². The van der Waals surface area contributed by atoms with Crippen LogP contribution in [0.4, 0.5) is 4.39 Å². The molecule has 6 nitrogen and oxygen atoms in total. The third-order valence-electron chi connectivity index (χ3n) is 5.69. The number of carbonyl (C=O) groups is 1. The van der Waals surface area contributed by atoms with Crippen molar-refractivity contribution in [1.29, 1.82) is 0 Å². The minimum absolute atomic E-state index is 0.0318. The second-order valence-corrected chi connectivity index (χ2v) is 8.81. The van der Waals surface area contributed by atoms with E-state index >= 15 is 0 Å². The lowest BCUT2D eigenvalue weighted by Crippen LogP contribution is -2.61. The van der Waals surface area contributed by atoms with Gasteiger partial charge in [-0.1, -0.05) is 48.0 Å². The first kappa shape index (κ1) is 24.3. The number of aliphatic hydroxyl groups is 2. The molecule has 1 aliphatic carbocycles. The third-order valence-corrected chi connectivity index (χ3v) is 5.69. The molecule has 4 atom stereocenters. The van der Waals surface area contributed by atoms with Crippen molar-refractivity contribution in [3.05, 3.63) is 71.0 Å². The maximum atomic E-state index is 14.0. The van der Waals surface area contributed by atoms with Crippen LogP contribution in [0.5, 0.6) is 0 Å². The molecule has 0 spiro atoms. The van der Waals surface area contributed by atoms with Gasteiger partial charge in [0, 0.05) is 24.4 Å². The topological polar surface area (TPSA) is 88.0 Å². The van der Waals surface area contributed by atoms with E-state index in [1.807, 2.05) is 45.0 Å². The largest absolute Gasteiger partial charge is 0.390 e. The average Bonchev–Trinajstić information content (AvgIpc) is 2.74. The number of aliphatic hydroxyl groups excluding tert-OH is 2. The maximum absolute atomic E-state index is 14.0. The SMILES string of the molecule is Cc1cccc(CO[C@]2(C(=O)NC(C)C)CC(OCc3ccccc3F)[C@H](O)[C@H](O)C2)c1. The number of carbonyl (C=O) groups excluding carboxylic acids is 1. The Kier molecular flexibility index (Phi) is 8.00. The van der Waals surface area contributed by atoms with Gasteiger partial charge in [-0.15, -0.1) is 0 Å². The van der Waals surface area contributed by atoms with E-state index in [4.69, 9.17) is 9.47 Å². The Balaban J connectivity index is 1.81. The third kappa shape index (κ3) is 5.92. The Morgan fingerprint density at radius 1 is 1.16 bits per heavy atom. The Morgan fingerprint density at radius 3 is 2.59 bits per heavy atom. The number of nitrogens with one attached hydrogen (secondary N) is 1. The van der Waals surface area contributed by atoms with Crippen molar-refractivity contribution >= 4 is 5.91 Å². The molecule has 2 aromatic carbocycles. The van der Waals surface area contributed by atoms with E-state index in [0.717, 1.165) is 11.1 Å². The molecular weight excluding hydrogens is 413 g/mol. The van der Waals surface area contributed by atoms with E-state index in [1.54, 1.807) is 18.2 Å². The highest BCUT2D eigenvalue weighted by Gasteiger charge is 2.51. The van der Waals surface area contributed by atoms with Gasteiger partial charge in [0.15, 0.2) is 5.60 Å². The van der Waals surface area contributed by atoms with Crippen molar-refractivity contribution in [2.24, 2.45) is 0 Å². The molecule has 32 heavy (non-hydrogen) atoms. The molecule has 0 bridgehead atoms. The van der Waals surface area contributed by atoms with Gasteiger partial charge in [0.1, 0.15) is 11.9 Å². The van der Waals surface area contributed by atoms with Gasteiger partial charge in [-0.25, -0.2) is 4.39 Å². The fraction of sp³-hybridized carbons (Fsp3) is 0.480. The zero-order chi connectivity index (χ0) is 23.3. The highest BCUT2D eigenvalue weighted by Crippen LogP contribution is 2.36. The molecule has 1 unspecified atom stereocenters. The van der Waals surface area contributed by atoms with Gasteiger partial charge >= 0.3 is 0 Å². The Bertz CT molecular complexity index is 921. The van der Waals surface area contributed by atoms with Gasteiger partial charge in [-0.05, 0) is 32.4 Å². The smallest absolute Gasteiger partial charge is 0.252 e. The molecule has 174 valence electrons. The number of halogens is 1. The van der Waals surface area contributed by atoms with Gasteiger partial charge in [-0.2, -0.15) is 0 Å². The number of aryl methyl sites for hydroxylation is 1. The van der Waals surface area contributed by atoms with E-state index < -0.39 is 29.7 Å². The second kappa shape index (κ2) is 10.5. The molecule has 0 aliphatic heterocycles. The minimum atomic E-state index is -1.40. The lowest BCUT2D eigenvalue weighted by molar-refractivity contribution is -0.200. The molecule has 1 saturated carbocycles. The molecular formula is C25H32FNO5. The first-order valence-corrected chi connectivity index (χ1v) is 10.9. The number of benzene rings is 2. The number of hydrogen-bond acceptors (Lipinski definition) is 5. The van der Waals surface area contributed by atoms with E-state index in [0.29, 0.717) is 5.56 Å². The quantitative estimate of drug-likeness (QED) is 0.581. The maximum Gasteiger partial charge on any atom is 0.252 e. The minimum Gasteiger partial charge on any atom is -0.390 e. The normalized spacial score (nSPS) is 25.7. The lowest BCUT2D eigenvalue weighted by Gasteiger charge is -2.44. The van der Waals surface area contributed by atoms with Crippen LogP contribution in [-0.2, 0) is 27.5 Å². The van der Waals surface area contributed by atoms with Gasteiger partial charge < -0.3 is 25.0 Å². The predicted molar refractivity (Wildman–Crippen MR) is 118 cm³/mol. The predicted octanol–water partition coefficient (Wildman–Crippen LogP) is 3.02. The Labute approximate surface area is 188 Å². The molecule has 0 radical (unpaired) electrons. The number of ether oxygens (including phenoxy) is 2. The molecule has 0 aromatic heterocycles. The standard InChI is InChI=1S/C25H32FNO5/c1-16(2)27-24(30)25(32-14-18-8-6-7-17(3)11-18)12-21(28)23(29)22(13-25)31-15-19-9-4-5-10-20(19)26/h4-11,16,21-23,28-29H,12-15H2,1-3H3,(H,27,30)/t21-,22?,23-,25+/m1/s1. The van der Waals surface area contributed by atoms with Crippen LogP contribution in [0.1, 0.15) is 43.4 Å². The number of rotatable bonds is 8. The molecule has 1 aliphatic rings. The lowest BCUT2D eigenvalue weighted by atomic mass is 9.78. The fourth-order valence-corrected chi connectivity index (χ4v) is 3.99. The second-order valence-electron chi connectivity index (χ2n) is 8.81. The fourth-order valence-electron chi connectivity index (χ4n) is 3.99. The summed E-state index contributed by atoms with van der Waals surface area (Å²) in [6.07, 6.45) is -3.40. The van der Waals surface area contributed by atoms with Gasteiger partial charge in [0.25, 0.3) is 5.91 Å². The van der Waals surface area contributed by atoms with Gasteiger partial charge in [0.2, 0.25) is 0 Å². The first-order chi connectivity index (χ1) is 15.2. The van der Waals surface area contributed by atoms with Crippen LogP contribution in [0.15, 0.2) is 48.5 Å². The van der Waals surface area contributed by atoms with Crippen LogP contribution in [-0.4, -0.2) is 46.1 Å². The van der Waals surface area contributed by atoms with Gasteiger partial charge in [-0.3, -0.25) is 4.79 Å². The molecule has 3 N–H and O–H groups in total. The van der Waals surface area contributed by atoms with Crippen LogP contribution in [0, 0.1) is 12.7 Å². The van der Waals surface area contributed by atoms with Crippen molar-refractivity contribution in [2.45, 2.75) is 76.8 Å². The zero-order valence-corrected chi connectivity index (χ0v) is 18.8. The zero-order valence-electron chi connectivity index (χ0n) is 18.8. The summed E-state index contributed by atoms with van der Waals surface area (Å²) in [4.78, 5) is 13.2. The summed E-state index contributed by atoms with van der Waals surface area (Å²) >= 11 is 0. The molecule has 1 amide bonds. The van der Waals surface area contributed by atoms with Crippen molar-refractivity contribution in [1.82, 2.24) is 5.32 Å². The number of hydrogen-bond donors (Lipinski definition) is 3. The first-order valence-electron chi connectivity index (χ1n) is 10.9. The van der Waals surface area contributed by atoms with E-state index in [-0.39, 0.29) is 38.0 Å². The van der Waals surface area contributed by atoms with E-state index in [9.17, 15) is 19.4 Å².